The molecule has 1 nitrogen and oxygen atoms in total. The molecule has 1 aromatic heterocycles. The first-order valence-corrected chi connectivity index (χ1v) is 7.02. The van der Waals surface area contributed by atoms with Crippen molar-refractivity contribution in [3.8, 4) is 0 Å². The number of hydrogen-bond acceptors (Lipinski definition) is 1. The Balaban J connectivity index is 2.40. The second kappa shape index (κ2) is 4.33. The van der Waals surface area contributed by atoms with Crippen LogP contribution in [0.15, 0.2) is 17.2 Å². The van der Waals surface area contributed by atoms with Gasteiger partial charge in [0.1, 0.15) is 0 Å². The molecule has 16 heavy (non-hydrogen) atoms. The third-order valence-electron chi connectivity index (χ3n) is 3.84. The lowest BCUT2D eigenvalue weighted by molar-refractivity contribution is -0.723. The minimum atomic E-state index is 0.584. The van der Waals surface area contributed by atoms with Crippen molar-refractivity contribution in [3.63, 3.8) is 0 Å². The molecule has 0 fully saturated rings. The summed E-state index contributed by atoms with van der Waals surface area (Å²) in [6.45, 7) is 11.5. The smallest absolute Gasteiger partial charge is 0.186 e. The molecule has 2 heteroatoms. The van der Waals surface area contributed by atoms with Crippen LogP contribution in [-0.4, -0.2) is 0 Å². The Morgan fingerprint density at radius 1 is 1.25 bits per heavy atom. The van der Waals surface area contributed by atoms with Crippen molar-refractivity contribution in [1.82, 2.24) is 0 Å². The van der Waals surface area contributed by atoms with Gasteiger partial charge in [0.25, 0.3) is 0 Å². The first kappa shape index (κ1) is 11.8. The summed E-state index contributed by atoms with van der Waals surface area (Å²) in [5, 5.41) is 0. The molecule has 0 bridgehead atoms. The van der Waals surface area contributed by atoms with Crippen molar-refractivity contribution >= 4 is 11.3 Å². The van der Waals surface area contributed by atoms with Gasteiger partial charge in [-0.3, -0.25) is 0 Å². The molecule has 0 spiro atoms. The van der Waals surface area contributed by atoms with E-state index in [2.05, 4.69) is 50.8 Å². The molecule has 1 heterocycles. The van der Waals surface area contributed by atoms with Gasteiger partial charge in [0.05, 0.1) is 4.88 Å². The second-order valence-corrected chi connectivity index (χ2v) is 6.38. The van der Waals surface area contributed by atoms with Gasteiger partial charge in [0, 0.05) is 12.8 Å². The van der Waals surface area contributed by atoms with E-state index in [1.807, 2.05) is 11.3 Å². The van der Waals surface area contributed by atoms with Crippen LogP contribution in [0.1, 0.15) is 43.8 Å². The molecular formula is C14H22NS+. The Morgan fingerprint density at radius 2 is 1.94 bits per heavy atom. The first-order valence-electron chi connectivity index (χ1n) is 6.15. The Kier molecular flexibility index (Phi) is 3.20. The number of nitrogens with zero attached hydrogens (tertiary/aromatic N) is 1. The quantitative estimate of drug-likeness (QED) is 0.515. The maximum absolute atomic E-state index is 2.47. The Hall–Kier alpha value is -0.630. The predicted octanol–water partition coefficient (Wildman–Crippen LogP) is 3.82. The van der Waals surface area contributed by atoms with Gasteiger partial charge in [0.2, 0.25) is 5.51 Å². The molecular weight excluding hydrogens is 214 g/mol. The Bertz CT molecular complexity index is 416. The SMILES string of the molecule is CC1=C[C@@H](C)CC(C)[C@H]1[n+]1csc(C)c1C. The normalized spacial score (nSPS) is 30.3. The fraction of sp³-hybridized carbons (Fsp3) is 0.643. The minimum absolute atomic E-state index is 0.584. The van der Waals surface area contributed by atoms with E-state index in [1.54, 1.807) is 0 Å². The highest BCUT2D eigenvalue weighted by molar-refractivity contribution is 7.09. The lowest BCUT2D eigenvalue weighted by atomic mass is 9.80. The third-order valence-corrected chi connectivity index (χ3v) is 4.82. The van der Waals surface area contributed by atoms with Crippen LogP contribution < -0.4 is 4.57 Å². The highest BCUT2D eigenvalue weighted by Crippen LogP contribution is 2.34. The first-order chi connectivity index (χ1) is 7.50. The fourth-order valence-electron chi connectivity index (χ4n) is 3.03. The molecule has 0 saturated carbocycles. The van der Waals surface area contributed by atoms with Crippen LogP contribution >= 0.6 is 11.3 Å². The Labute approximate surface area is 103 Å². The summed E-state index contributed by atoms with van der Waals surface area (Å²) in [5.74, 6) is 1.49. The van der Waals surface area contributed by atoms with Gasteiger partial charge in [-0.1, -0.05) is 31.3 Å². The average molecular weight is 236 g/mol. The largest absolute Gasteiger partial charge is 0.225 e. The Morgan fingerprint density at radius 3 is 2.44 bits per heavy atom. The van der Waals surface area contributed by atoms with E-state index in [4.69, 9.17) is 0 Å². The van der Waals surface area contributed by atoms with Crippen molar-refractivity contribution in [3.05, 3.63) is 27.7 Å². The molecule has 1 aliphatic rings. The summed E-state index contributed by atoms with van der Waals surface area (Å²) >= 11 is 1.87. The summed E-state index contributed by atoms with van der Waals surface area (Å²) in [4.78, 5) is 1.44. The molecule has 0 aliphatic heterocycles. The van der Waals surface area contributed by atoms with Gasteiger partial charge >= 0.3 is 0 Å². The van der Waals surface area contributed by atoms with Gasteiger partial charge in [-0.15, -0.1) is 0 Å². The molecule has 2 rings (SSSR count). The zero-order valence-electron chi connectivity index (χ0n) is 10.9. The standard InChI is InChI=1S/C14H22NS/c1-9-6-10(2)14(11(3)7-9)15-8-16-13(5)12(15)4/h6,8-9,11,14H,7H2,1-5H3/q+1/t9-,11?,14+/m1/s1. The second-order valence-electron chi connectivity index (χ2n) is 5.32. The van der Waals surface area contributed by atoms with E-state index in [-0.39, 0.29) is 0 Å². The van der Waals surface area contributed by atoms with E-state index in [0.717, 1.165) is 11.8 Å². The van der Waals surface area contributed by atoms with Crippen LogP contribution in [0, 0.1) is 25.7 Å². The number of rotatable bonds is 1. The van der Waals surface area contributed by atoms with Crippen LogP contribution in [0.3, 0.4) is 0 Å². The number of allylic oxidation sites excluding steroid dienone is 2. The fourth-order valence-corrected chi connectivity index (χ4v) is 3.87. The van der Waals surface area contributed by atoms with Crippen molar-refractivity contribution in [2.24, 2.45) is 11.8 Å². The molecule has 1 unspecified atom stereocenters. The number of aryl methyl sites for hydroxylation is 1. The minimum Gasteiger partial charge on any atom is -0.186 e. The molecule has 1 aliphatic carbocycles. The monoisotopic (exact) mass is 236 g/mol. The summed E-state index contributed by atoms with van der Waals surface area (Å²) in [5.41, 5.74) is 5.26. The molecule has 0 N–H and O–H groups in total. The summed E-state index contributed by atoms with van der Waals surface area (Å²) in [7, 11) is 0. The van der Waals surface area contributed by atoms with E-state index in [9.17, 15) is 0 Å². The topological polar surface area (TPSA) is 3.88 Å². The van der Waals surface area contributed by atoms with E-state index in [1.165, 1.54) is 22.6 Å². The highest BCUT2D eigenvalue weighted by Gasteiger charge is 2.34. The van der Waals surface area contributed by atoms with Crippen molar-refractivity contribution in [2.45, 2.75) is 47.1 Å². The van der Waals surface area contributed by atoms with Gasteiger partial charge < -0.3 is 0 Å². The van der Waals surface area contributed by atoms with Crippen LogP contribution in [0.25, 0.3) is 0 Å². The van der Waals surface area contributed by atoms with Gasteiger partial charge in [0.15, 0.2) is 11.7 Å². The van der Waals surface area contributed by atoms with E-state index < -0.39 is 0 Å². The molecule has 0 aromatic carbocycles. The van der Waals surface area contributed by atoms with Crippen molar-refractivity contribution in [2.75, 3.05) is 0 Å². The number of aromatic nitrogens is 1. The molecule has 1 aromatic rings. The average Bonchev–Trinajstić information content (AvgIpc) is 2.48. The van der Waals surface area contributed by atoms with Crippen LogP contribution in [0.5, 0.6) is 0 Å². The predicted molar refractivity (Wildman–Crippen MR) is 69.7 cm³/mol. The molecule has 0 saturated heterocycles. The van der Waals surface area contributed by atoms with Crippen LogP contribution in [-0.2, 0) is 0 Å². The van der Waals surface area contributed by atoms with E-state index >= 15 is 0 Å². The van der Waals surface area contributed by atoms with Crippen LogP contribution in [0.2, 0.25) is 0 Å². The maximum atomic E-state index is 2.47. The van der Waals surface area contributed by atoms with Gasteiger partial charge in [-0.05, 0) is 31.8 Å². The zero-order chi connectivity index (χ0) is 11.9. The number of hydrogen-bond donors (Lipinski definition) is 0. The highest BCUT2D eigenvalue weighted by atomic mass is 32.1. The molecule has 3 atom stereocenters. The lowest BCUT2D eigenvalue weighted by Crippen LogP contribution is -2.45. The van der Waals surface area contributed by atoms with Crippen molar-refractivity contribution < 1.29 is 4.57 Å². The third kappa shape index (κ3) is 1.95. The summed E-state index contributed by atoms with van der Waals surface area (Å²) in [6, 6.07) is 0.584. The zero-order valence-corrected chi connectivity index (χ0v) is 11.8. The molecule has 88 valence electrons. The maximum Gasteiger partial charge on any atom is 0.225 e. The van der Waals surface area contributed by atoms with E-state index in [0.29, 0.717) is 6.04 Å². The van der Waals surface area contributed by atoms with Crippen LogP contribution in [0.4, 0.5) is 0 Å². The van der Waals surface area contributed by atoms with Gasteiger partial charge in [-0.25, -0.2) is 0 Å². The lowest BCUT2D eigenvalue weighted by Gasteiger charge is -2.27. The summed E-state index contributed by atoms with van der Waals surface area (Å²) in [6.07, 6.45) is 3.76. The molecule has 0 radical (unpaired) electrons. The van der Waals surface area contributed by atoms with Crippen molar-refractivity contribution in [1.29, 1.82) is 0 Å². The number of thiazole rings is 1. The summed E-state index contributed by atoms with van der Waals surface area (Å²) < 4.78 is 2.47. The molecule has 0 amide bonds. The van der Waals surface area contributed by atoms with Gasteiger partial charge in [-0.2, -0.15) is 4.57 Å².